The molecule has 0 aliphatic rings. The molecule has 0 N–H and O–H groups in total. The second-order valence-corrected chi connectivity index (χ2v) is 1.39. The van der Waals surface area contributed by atoms with Gasteiger partial charge < -0.3 is 14.0 Å². The van der Waals surface area contributed by atoms with Crippen molar-refractivity contribution in [3.63, 3.8) is 0 Å². The van der Waals surface area contributed by atoms with Crippen LogP contribution in [0.2, 0.25) is 0 Å². The molecule has 0 fully saturated rings. The van der Waals surface area contributed by atoms with Crippen LogP contribution in [0.5, 0.6) is 0 Å². The minimum atomic E-state index is -2.22. The summed E-state index contributed by atoms with van der Waals surface area (Å²) in [7, 11) is -1.09. The van der Waals surface area contributed by atoms with Gasteiger partial charge >= 0.3 is 13.4 Å². The Morgan fingerprint density at radius 2 is 2.36 bits per heavy atom. The van der Waals surface area contributed by atoms with Crippen LogP contribution in [0.25, 0.3) is 0 Å². The van der Waals surface area contributed by atoms with Crippen molar-refractivity contribution >= 4 is 19.8 Å². The molecule has 0 aliphatic heterocycles. The fraction of sp³-hybridized carbons (Fsp3) is 0.500. The average Bonchev–Trinajstić information content (AvgIpc) is 2.01. The van der Waals surface area contributed by atoms with Crippen molar-refractivity contribution in [1.29, 1.82) is 0 Å². The summed E-state index contributed by atoms with van der Waals surface area (Å²) in [5.41, 5.74) is 0. The summed E-state index contributed by atoms with van der Waals surface area (Å²) < 4.78 is 23.8. The van der Waals surface area contributed by atoms with Crippen molar-refractivity contribution in [2.45, 2.75) is 0 Å². The molecule has 0 heterocycles. The number of ether oxygens (including phenoxy) is 1. The van der Waals surface area contributed by atoms with E-state index in [0.717, 1.165) is 7.11 Å². The summed E-state index contributed by atoms with van der Waals surface area (Å²) in [6, 6.07) is 0. The highest BCUT2D eigenvalue weighted by molar-refractivity contribution is 6.37. The first-order chi connectivity index (χ1) is 5.20. The molecule has 0 aliphatic carbocycles. The lowest BCUT2D eigenvalue weighted by Crippen LogP contribution is -2.21. The van der Waals surface area contributed by atoms with E-state index in [1.54, 1.807) is 0 Å². The first-order valence-corrected chi connectivity index (χ1v) is 2.62. The SMILES string of the molecule is COC(=O)COB(F)OC=O. The summed E-state index contributed by atoms with van der Waals surface area (Å²) in [6.07, 6.45) is 0. The molecule has 0 bridgehead atoms. The molecule has 0 aromatic heterocycles. The average molecular weight is 164 g/mol. The molecule has 7 heteroatoms. The van der Waals surface area contributed by atoms with Crippen molar-refractivity contribution in [3.8, 4) is 0 Å². The molecule has 0 unspecified atom stereocenters. The minimum Gasteiger partial charge on any atom is -0.484 e. The predicted octanol–water partition coefficient (Wildman–Crippen LogP) is -0.697. The van der Waals surface area contributed by atoms with Gasteiger partial charge in [0.1, 0.15) is 6.61 Å². The molecular formula is C4H6BFO5. The molecular weight excluding hydrogens is 158 g/mol. The Hall–Kier alpha value is -1.11. The minimum absolute atomic E-state index is 0.123. The Labute approximate surface area is 62.6 Å². The summed E-state index contributed by atoms with van der Waals surface area (Å²) in [5, 5.41) is 0. The van der Waals surface area contributed by atoms with Crippen LogP contribution in [0.1, 0.15) is 0 Å². The molecule has 0 atom stereocenters. The number of carbonyl (C=O) groups excluding carboxylic acids is 2. The van der Waals surface area contributed by atoms with Crippen LogP contribution >= 0.6 is 0 Å². The Kier molecular flexibility index (Phi) is 5.09. The van der Waals surface area contributed by atoms with E-state index in [2.05, 4.69) is 14.0 Å². The van der Waals surface area contributed by atoms with Gasteiger partial charge in [0.15, 0.2) is 0 Å². The lowest BCUT2D eigenvalue weighted by molar-refractivity contribution is -0.144. The van der Waals surface area contributed by atoms with Crippen LogP contribution in [0, 0.1) is 0 Å². The fourth-order valence-corrected chi connectivity index (χ4v) is 0.275. The lowest BCUT2D eigenvalue weighted by atomic mass is 10.3. The maximum Gasteiger partial charge on any atom is 0.756 e. The first kappa shape index (κ1) is 9.89. The molecule has 11 heavy (non-hydrogen) atoms. The smallest absolute Gasteiger partial charge is 0.484 e. The summed E-state index contributed by atoms with van der Waals surface area (Å²) in [4.78, 5) is 19.7. The van der Waals surface area contributed by atoms with Crippen LogP contribution in [-0.2, 0) is 23.6 Å². The van der Waals surface area contributed by atoms with Crippen LogP contribution < -0.4 is 0 Å². The van der Waals surface area contributed by atoms with E-state index in [0.29, 0.717) is 0 Å². The predicted molar refractivity (Wildman–Crippen MR) is 32.0 cm³/mol. The van der Waals surface area contributed by atoms with Gasteiger partial charge in [-0.05, 0) is 0 Å². The third kappa shape index (κ3) is 5.34. The van der Waals surface area contributed by atoms with E-state index >= 15 is 0 Å². The third-order valence-corrected chi connectivity index (χ3v) is 0.722. The monoisotopic (exact) mass is 164 g/mol. The number of hydrogen-bond donors (Lipinski definition) is 0. The summed E-state index contributed by atoms with van der Waals surface area (Å²) in [6.45, 7) is -0.715. The molecule has 62 valence electrons. The molecule has 0 saturated carbocycles. The van der Waals surface area contributed by atoms with E-state index in [4.69, 9.17) is 0 Å². The van der Waals surface area contributed by atoms with Gasteiger partial charge in [-0.3, -0.25) is 4.79 Å². The quantitative estimate of drug-likeness (QED) is 0.305. The van der Waals surface area contributed by atoms with E-state index < -0.39 is 20.0 Å². The number of esters is 1. The number of halogens is 1. The zero-order valence-corrected chi connectivity index (χ0v) is 5.78. The van der Waals surface area contributed by atoms with Crippen LogP contribution in [-0.4, -0.2) is 33.6 Å². The summed E-state index contributed by atoms with van der Waals surface area (Å²) >= 11 is 0. The maximum atomic E-state index is 12.0. The Balaban J connectivity index is 3.36. The normalized spacial score (nSPS) is 8.55. The van der Waals surface area contributed by atoms with Crippen LogP contribution in [0.15, 0.2) is 0 Å². The van der Waals surface area contributed by atoms with Crippen LogP contribution in [0.3, 0.4) is 0 Å². The molecule has 0 radical (unpaired) electrons. The molecule has 0 amide bonds. The molecule has 0 spiro atoms. The van der Waals surface area contributed by atoms with Crippen molar-refractivity contribution in [2.75, 3.05) is 13.7 Å². The topological polar surface area (TPSA) is 61.8 Å². The highest BCUT2D eigenvalue weighted by atomic mass is 19.1. The number of hydrogen-bond acceptors (Lipinski definition) is 5. The zero-order valence-electron chi connectivity index (χ0n) is 5.78. The second kappa shape index (κ2) is 5.66. The van der Waals surface area contributed by atoms with Crippen molar-refractivity contribution in [1.82, 2.24) is 0 Å². The van der Waals surface area contributed by atoms with E-state index in [9.17, 15) is 13.9 Å². The number of carbonyl (C=O) groups is 2. The van der Waals surface area contributed by atoms with Gasteiger partial charge in [0, 0.05) is 0 Å². The van der Waals surface area contributed by atoms with Gasteiger partial charge in [-0.2, -0.15) is 0 Å². The van der Waals surface area contributed by atoms with Crippen molar-refractivity contribution < 1.29 is 28.0 Å². The van der Waals surface area contributed by atoms with E-state index in [1.165, 1.54) is 0 Å². The maximum absolute atomic E-state index is 12.0. The van der Waals surface area contributed by atoms with Gasteiger partial charge in [-0.25, -0.2) is 9.11 Å². The first-order valence-electron chi connectivity index (χ1n) is 2.62. The van der Waals surface area contributed by atoms with Gasteiger partial charge in [0.05, 0.1) is 7.11 Å². The zero-order chi connectivity index (χ0) is 8.69. The van der Waals surface area contributed by atoms with Gasteiger partial charge in [-0.15, -0.1) is 0 Å². The molecule has 0 saturated heterocycles. The Bertz CT molecular complexity index is 140. The number of rotatable bonds is 5. The molecule has 0 rings (SSSR count). The largest absolute Gasteiger partial charge is 0.756 e. The van der Waals surface area contributed by atoms with Crippen LogP contribution in [0.4, 0.5) is 4.32 Å². The van der Waals surface area contributed by atoms with Gasteiger partial charge in [0.25, 0.3) is 6.47 Å². The lowest BCUT2D eigenvalue weighted by Gasteiger charge is -2.00. The Morgan fingerprint density at radius 3 is 2.82 bits per heavy atom. The van der Waals surface area contributed by atoms with E-state index in [-0.39, 0.29) is 6.47 Å². The standard InChI is InChI=1S/C4H6BFO5/c1-9-4(8)2-10-5(6)11-3-7/h3H,2H2,1H3. The number of methoxy groups -OCH3 is 1. The van der Waals surface area contributed by atoms with E-state index in [1.807, 2.05) is 0 Å². The van der Waals surface area contributed by atoms with Gasteiger partial charge in [0.2, 0.25) is 0 Å². The molecule has 0 aromatic carbocycles. The van der Waals surface area contributed by atoms with Crippen molar-refractivity contribution in [3.05, 3.63) is 0 Å². The second-order valence-electron chi connectivity index (χ2n) is 1.39. The highest BCUT2D eigenvalue weighted by Crippen LogP contribution is 1.88. The third-order valence-electron chi connectivity index (χ3n) is 0.722. The highest BCUT2D eigenvalue weighted by Gasteiger charge is 2.21. The molecule has 5 nitrogen and oxygen atoms in total. The summed E-state index contributed by atoms with van der Waals surface area (Å²) in [5.74, 6) is -0.748. The van der Waals surface area contributed by atoms with Gasteiger partial charge in [-0.1, -0.05) is 0 Å². The molecule has 0 aromatic rings. The Morgan fingerprint density at radius 1 is 1.73 bits per heavy atom. The fourth-order valence-electron chi connectivity index (χ4n) is 0.275. The van der Waals surface area contributed by atoms with Crippen molar-refractivity contribution in [2.24, 2.45) is 0 Å².